The van der Waals surface area contributed by atoms with Crippen LogP contribution in [0, 0.1) is 6.92 Å². The smallest absolute Gasteiger partial charge is 0.313 e. The minimum Gasteiger partial charge on any atom is -0.368 e. The van der Waals surface area contributed by atoms with Crippen LogP contribution in [0.4, 0.5) is 11.4 Å². The van der Waals surface area contributed by atoms with Gasteiger partial charge >= 0.3 is 11.8 Å². The zero-order chi connectivity index (χ0) is 19.4. The molecular formula is C22H27N3O2. The van der Waals surface area contributed by atoms with E-state index in [9.17, 15) is 9.59 Å². The molecule has 1 fully saturated rings. The summed E-state index contributed by atoms with van der Waals surface area (Å²) in [6, 6.07) is 16.1. The Morgan fingerprint density at radius 2 is 1.59 bits per heavy atom. The van der Waals surface area contributed by atoms with Gasteiger partial charge in [0.25, 0.3) is 0 Å². The average molecular weight is 365 g/mol. The maximum Gasteiger partial charge on any atom is 0.313 e. The Hall–Kier alpha value is -2.82. The Morgan fingerprint density at radius 3 is 2.22 bits per heavy atom. The van der Waals surface area contributed by atoms with Crippen LogP contribution >= 0.6 is 0 Å². The summed E-state index contributed by atoms with van der Waals surface area (Å²) in [6.07, 6.45) is 0. The van der Waals surface area contributed by atoms with Crippen LogP contribution in [-0.2, 0) is 9.59 Å². The van der Waals surface area contributed by atoms with Crippen LogP contribution in [0.1, 0.15) is 30.9 Å². The highest BCUT2D eigenvalue weighted by Gasteiger charge is 2.27. The number of amides is 2. The van der Waals surface area contributed by atoms with Gasteiger partial charge in [0, 0.05) is 37.6 Å². The van der Waals surface area contributed by atoms with E-state index in [1.165, 1.54) is 0 Å². The minimum absolute atomic E-state index is 0.268. The maximum atomic E-state index is 12.6. The molecule has 27 heavy (non-hydrogen) atoms. The third-order valence-corrected chi connectivity index (χ3v) is 5.05. The van der Waals surface area contributed by atoms with E-state index in [-0.39, 0.29) is 5.92 Å². The van der Waals surface area contributed by atoms with Crippen LogP contribution in [-0.4, -0.2) is 42.9 Å². The Balaban J connectivity index is 1.63. The van der Waals surface area contributed by atoms with Crippen molar-refractivity contribution in [1.29, 1.82) is 0 Å². The van der Waals surface area contributed by atoms with E-state index in [4.69, 9.17) is 0 Å². The third kappa shape index (κ3) is 4.30. The van der Waals surface area contributed by atoms with Crippen LogP contribution in [0.15, 0.2) is 48.5 Å². The molecule has 1 aliphatic heterocycles. The highest BCUT2D eigenvalue weighted by Crippen LogP contribution is 2.27. The first kappa shape index (κ1) is 19.0. The lowest BCUT2D eigenvalue weighted by Crippen LogP contribution is -2.51. The highest BCUT2D eigenvalue weighted by atomic mass is 16.2. The lowest BCUT2D eigenvalue weighted by Gasteiger charge is -2.35. The van der Waals surface area contributed by atoms with Gasteiger partial charge in [-0.1, -0.05) is 50.2 Å². The second-order valence-corrected chi connectivity index (χ2v) is 7.26. The average Bonchev–Trinajstić information content (AvgIpc) is 2.69. The summed E-state index contributed by atoms with van der Waals surface area (Å²) in [5.74, 6) is -0.746. The molecule has 142 valence electrons. The summed E-state index contributed by atoms with van der Waals surface area (Å²) < 4.78 is 0. The number of nitrogens with one attached hydrogen (secondary N) is 1. The van der Waals surface area contributed by atoms with Gasteiger partial charge in [-0.25, -0.2) is 0 Å². The number of carbonyl (C=O) groups excluding carboxylic acids is 2. The monoisotopic (exact) mass is 365 g/mol. The van der Waals surface area contributed by atoms with Crippen molar-refractivity contribution in [3.63, 3.8) is 0 Å². The number of hydrogen-bond donors (Lipinski definition) is 1. The molecule has 2 amide bonds. The molecule has 0 aromatic heterocycles. The zero-order valence-electron chi connectivity index (χ0n) is 16.2. The van der Waals surface area contributed by atoms with Gasteiger partial charge in [-0.2, -0.15) is 0 Å². The molecule has 1 aliphatic rings. The van der Waals surface area contributed by atoms with Gasteiger partial charge in [0.15, 0.2) is 0 Å². The number of piperazine rings is 1. The third-order valence-electron chi connectivity index (χ3n) is 5.05. The summed E-state index contributed by atoms with van der Waals surface area (Å²) in [4.78, 5) is 29.1. The van der Waals surface area contributed by atoms with Crippen molar-refractivity contribution in [1.82, 2.24) is 4.90 Å². The molecule has 3 rings (SSSR count). The molecule has 0 atom stereocenters. The van der Waals surface area contributed by atoms with Crippen LogP contribution in [0.2, 0.25) is 0 Å². The molecule has 0 spiro atoms. The number of benzene rings is 2. The van der Waals surface area contributed by atoms with Crippen LogP contribution in [0.25, 0.3) is 0 Å². The molecule has 1 saturated heterocycles. The number of carbonyl (C=O) groups is 2. The molecule has 0 bridgehead atoms. The van der Waals surface area contributed by atoms with Crippen molar-refractivity contribution < 1.29 is 9.59 Å². The van der Waals surface area contributed by atoms with E-state index in [2.05, 4.69) is 36.2 Å². The molecule has 1 heterocycles. The number of anilines is 2. The van der Waals surface area contributed by atoms with E-state index >= 15 is 0 Å². The molecule has 1 N–H and O–H groups in total. The molecule has 0 radical (unpaired) electrons. The van der Waals surface area contributed by atoms with Crippen molar-refractivity contribution in [2.45, 2.75) is 26.7 Å². The van der Waals surface area contributed by atoms with Crippen molar-refractivity contribution in [3.8, 4) is 0 Å². The van der Waals surface area contributed by atoms with E-state index in [1.807, 2.05) is 43.3 Å². The quantitative estimate of drug-likeness (QED) is 0.848. The summed E-state index contributed by atoms with van der Waals surface area (Å²) in [5.41, 5.74) is 3.92. The Bertz CT molecular complexity index is 810. The van der Waals surface area contributed by atoms with Gasteiger partial charge in [-0.05, 0) is 36.1 Å². The first-order valence-corrected chi connectivity index (χ1v) is 9.47. The van der Waals surface area contributed by atoms with Crippen molar-refractivity contribution in [3.05, 3.63) is 59.7 Å². The topological polar surface area (TPSA) is 52.7 Å². The number of nitrogens with zero attached hydrogens (tertiary/aromatic N) is 2. The summed E-state index contributed by atoms with van der Waals surface area (Å²) in [7, 11) is 0. The highest BCUT2D eigenvalue weighted by molar-refractivity contribution is 6.39. The second kappa shape index (κ2) is 8.25. The Labute approximate surface area is 161 Å². The minimum atomic E-state index is -0.556. The number of aryl methyl sites for hydroxylation is 1. The largest absolute Gasteiger partial charge is 0.368 e. The van der Waals surface area contributed by atoms with Crippen LogP contribution in [0.5, 0.6) is 0 Å². The molecule has 2 aromatic rings. The van der Waals surface area contributed by atoms with Gasteiger partial charge in [-0.3, -0.25) is 9.59 Å². The molecule has 2 aromatic carbocycles. The van der Waals surface area contributed by atoms with Gasteiger partial charge in [0.1, 0.15) is 0 Å². The lowest BCUT2D eigenvalue weighted by atomic mass is 9.98. The molecule has 5 heteroatoms. The SMILES string of the molecule is Cc1cccc(C(C)C)c1NC(=O)C(=O)N1CCN(c2ccccc2)CC1. The Kier molecular flexibility index (Phi) is 5.79. The van der Waals surface area contributed by atoms with E-state index in [0.29, 0.717) is 13.1 Å². The standard InChI is InChI=1S/C22H27N3O2/c1-16(2)19-11-7-8-17(3)20(19)23-21(26)22(27)25-14-12-24(13-15-25)18-9-5-4-6-10-18/h4-11,16H,12-15H2,1-3H3,(H,23,26). The summed E-state index contributed by atoms with van der Waals surface area (Å²) in [6.45, 7) is 8.65. The predicted molar refractivity (Wildman–Crippen MR) is 109 cm³/mol. The van der Waals surface area contributed by atoms with Crippen molar-refractivity contribution in [2.75, 3.05) is 36.4 Å². The lowest BCUT2D eigenvalue weighted by molar-refractivity contribution is -0.143. The molecule has 0 unspecified atom stereocenters. The fourth-order valence-corrected chi connectivity index (χ4v) is 3.46. The number of para-hydroxylation sites is 2. The van der Waals surface area contributed by atoms with E-state index in [0.717, 1.165) is 35.6 Å². The molecule has 5 nitrogen and oxygen atoms in total. The first-order chi connectivity index (χ1) is 13.0. The van der Waals surface area contributed by atoms with E-state index < -0.39 is 11.8 Å². The summed E-state index contributed by atoms with van der Waals surface area (Å²) in [5, 5.41) is 2.86. The van der Waals surface area contributed by atoms with Gasteiger partial charge in [-0.15, -0.1) is 0 Å². The fraction of sp³-hybridized carbons (Fsp3) is 0.364. The van der Waals surface area contributed by atoms with E-state index in [1.54, 1.807) is 4.90 Å². The molecule has 0 saturated carbocycles. The predicted octanol–water partition coefficient (Wildman–Crippen LogP) is 3.41. The molecule has 0 aliphatic carbocycles. The first-order valence-electron chi connectivity index (χ1n) is 9.47. The number of hydrogen-bond acceptors (Lipinski definition) is 3. The van der Waals surface area contributed by atoms with Gasteiger partial charge in [0.2, 0.25) is 0 Å². The normalized spacial score (nSPS) is 14.4. The maximum absolute atomic E-state index is 12.6. The van der Waals surface area contributed by atoms with Gasteiger partial charge in [0.05, 0.1) is 0 Å². The number of rotatable bonds is 3. The second-order valence-electron chi connectivity index (χ2n) is 7.26. The zero-order valence-corrected chi connectivity index (χ0v) is 16.2. The molecular weight excluding hydrogens is 338 g/mol. The summed E-state index contributed by atoms with van der Waals surface area (Å²) >= 11 is 0. The van der Waals surface area contributed by atoms with Crippen molar-refractivity contribution >= 4 is 23.2 Å². The fourth-order valence-electron chi connectivity index (χ4n) is 3.46. The van der Waals surface area contributed by atoms with Gasteiger partial charge < -0.3 is 15.1 Å². The van der Waals surface area contributed by atoms with Crippen molar-refractivity contribution in [2.24, 2.45) is 0 Å². The van der Waals surface area contributed by atoms with Crippen LogP contribution in [0.3, 0.4) is 0 Å². The Morgan fingerprint density at radius 1 is 0.926 bits per heavy atom. The van der Waals surface area contributed by atoms with Crippen LogP contribution < -0.4 is 10.2 Å².